The van der Waals surface area contributed by atoms with Crippen LogP contribution in [0.3, 0.4) is 0 Å². The summed E-state index contributed by atoms with van der Waals surface area (Å²) < 4.78 is 1.18. The van der Waals surface area contributed by atoms with Crippen molar-refractivity contribution >= 4 is 27.3 Å². The maximum atomic E-state index is 8.82. The first kappa shape index (κ1) is 13.3. The molecule has 0 atom stereocenters. The van der Waals surface area contributed by atoms with Gasteiger partial charge in [0.2, 0.25) is 0 Å². The highest BCUT2D eigenvalue weighted by molar-refractivity contribution is 9.10. The van der Waals surface area contributed by atoms with Gasteiger partial charge in [-0.3, -0.25) is 0 Å². The van der Waals surface area contributed by atoms with Gasteiger partial charge in [-0.2, -0.15) is 5.26 Å². The summed E-state index contributed by atoms with van der Waals surface area (Å²) in [5, 5.41) is 12.2. The van der Waals surface area contributed by atoms with Gasteiger partial charge in [-0.15, -0.1) is 11.3 Å². The Hall–Kier alpha value is -1.15. The van der Waals surface area contributed by atoms with Gasteiger partial charge in [-0.1, -0.05) is 12.1 Å². The van der Waals surface area contributed by atoms with E-state index in [1.54, 1.807) is 11.3 Å². The first-order valence-corrected chi connectivity index (χ1v) is 7.24. The minimum absolute atomic E-state index is 0.712. The molecule has 0 spiro atoms. The molecule has 92 valence electrons. The van der Waals surface area contributed by atoms with Gasteiger partial charge in [0.1, 0.15) is 0 Å². The van der Waals surface area contributed by atoms with Crippen molar-refractivity contribution in [2.45, 2.75) is 20.0 Å². The van der Waals surface area contributed by atoms with Crippen LogP contribution < -0.4 is 5.32 Å². The van der Waals surface area contributed by atoms with E-state index in [9.17, 15) is 0 Å². The number of rotatable bonds is 4. The van der Waals surface area contributed by atoms with Gasteiger partial charge in [0.15, 0.2) is 0 Å². The average Bonchev–Trinajstić information content (AvgIpc) is 2.69. The van der Waals surface area contributed by atoms with E-state index in [2.05, 4.69) is 40.3 Å². The van der Waals surface area contributed by atoms with Gasteiger partial charge < -0.3 is 5.32 Å². The summed E-state index contributed by atoms with van der Waals surface area (Å²) in [4.78, 5) is 2.62. The van der Waals surface area contributed by atoms with Crippen LogP contribution in [-0.2, 0) is 13.1 Å². The summed E-state index contributed by atoms with van der Waals surface area (Å²) in [7, 11) is 0. The molecule has 0 amide bonds. The third kappa shape index (κ3) is 3.42. The maximum Gasteiger partial charge on any atom is 0.0991 e. The minimum atomic E-state index is 0.712. The molecular weight excluding hydrogens is 308 g/mol. The summed E-state index contributed by atoms with van der Waals surface area (Å²) in [6.45, 7) is 3.74. The first-order valence-electron chi connectivity index (χ1n) is 5.63. The molecule has 2 aromatic rings. The van der Waals surface area contributed by atoms with E-state index in [0.29, 0.717) is 5.56 Å². The van der Waals surface area contributed by atoms with Crippen LogP contribution in [0.15, 0.2) is 34.8 Å². The smallest absolute Gasteiger partial charge is 0.0991 e. The lowest BCUT2D eigenvalue weighted by Crippen LogP contribution is -2.11. The van der Waals surface area contributed by atoms with Crippen LogP contribution in [0.2, 0.25) is 0 Å². The molecule has 0 fully saturated rings. The van der Waals surface area contributed by atoms with Gasteiger partial charge in [-0.25, -0.2) is 0 Å². The Morgan fingerprint density at radius 2 is 2.17 bits per heavy atom. The molecule has 4 heteroatoms. The topological polar surface area (TPSA) is 35.8 Å². The highest BCUT2D eigenvalue weighted by Gasteiger charge is 2.02. The highest BCUT2D eigenvalue weighted by Crippen LogP contribution is 2.26. The minimum Gasteiger partial charge on any atom is -0.308 e. The van der Waals surface area contributed by atoms with Crippen LogP contribution in [0.1, 0.15) is 20.9 Å². The molecule has 1 N–H and O–H groups in total. The third-order valence-corrected chi connectivity index (χ3v) is 4.73. The van der Waals surface area contributed by atoms with E-state index in [4.69, 9.17) is 5.26 Å². The van der Waals surface area contributed by atoms with Gasteiger partial charge in [0, 0.05) is 27.3 Å². The quantitative estimate of drug-likeness (QED) is 0.924. The molecule has 1 aromatic carbocycles. The Bertz CT molecular complexity index is 564. The van der Waals surface area contributed by atoms with E-state index in [1.807, 2.05) is 24.3 Å². The lowest BCUT2D eigenvalue weighted by atomic mass is 10.1. The largest absolute Gasteiger partial charge is 0.308 e. The van der Waals surface area contributed by atoms with Crippen LogP contribution in [0.4, 0.5) is 0 Å². The Morgan fingerprint density at radius 3 is 2.83 bits per heavy atom. The molecule has 0 unspecified atom stereocenters. The summed E-state index contributed by atoms with van der Waals surface area (Å²) in [5.41, 5.74) is 1.85. The van der Waals surface area contributed by atoms with Crippen molar-refractivity contribution in [1.29, 1.82) is 5.26 Å². The molecule has 2 nitrogen and oxygen atoms in total. The molecule has 0 aliphatic heterocycles. The van der Waals surface area contributed by atoms with E-state index >= 15 is 0 Å². The van der Waals surface area contributed by atoms with Crippen LogP contribution in [-0.4, -0.2) is 0 Å². The molecule has 0 bridgehead atoms. The van der Waals surface area contributed by atoms with Crippen molar-refractivity contribution in [1.82, 2.24) is 5.32 Å². The Labute approximate surface area is 119 Å². The van der Waals surface area contributed by atoms with E-state index in [-0.39, 0.29) is 0 Å². The van der Waals surface area contributed by atoms with Crippen molar-refractivity contribution in [2.24, 2.45) is 0 Å². The van der Waals surface area contributed by atoms with Crippen molar-refractivity contribution in [3.05, 3.63) is 55.7 Å². The second-order valence-electron chi connectivity index (χ2n) is 4.03. The van der Waals surface area contributed by atoms with Crippen LogP contribution in [0, 0.1) is 18.3 Å². The number of hydrogen-bond acceptors (Lipinski definition) is 3. The zero-order valence-corrected chi connectivity index (χ0v) is 12.4. The highest BCUT2D eigenvalue weighted by atomic mass is 79.9. The number of nitrogens with zero attached hydrogens (tertiary/aromatic N) is 1. The predicted molar refractivity (Wildman–Crippen MR) is 78.5 cm³/mol. The van der Waals surface area contributed by atoms with E-state index in [0.717, 1.165) is 18.7 Å². The van der Waals surface area contributed by atoms with Crippen molar-refractivity contribution in [3.8, 4) is 6.07 Å². The molecule has 1 heterocycles. The summed E-state index contributed by atoms with van der Waals surface area (Å²) in [6, 6.07) is 12.0. The summed E-state index contributed by atoms with van der Waals surface area (Å²) in [5.74, 6) is 0. The number of thiophene rings is 1. The molecule has 0 aliphatic rings. The van der Waals surface area contributed by atoms with Gasteiger partial charge in [0.05, 0.1) is 11.6 Å². The zero-order chi connectivity index (χ0) is 13.0. The Morgan fingerprint density at radius 1 is 1.33 bits per heavy atom. The van der Waals surface area contributed by atoms with E-state index in [1.165, 1.54) is 14.2 Å². The van der Waals surface area contributed by atoms with Gasteiger partial charge in [-0.05, 0) is 46.6 Å². The molecule has 2 rings (SSSR count). The number of nitriles is 1. The van der Waals surface area contributed by atoms with Crippen molar-refractivity contribution in [2.75, 3.05) is 0 Å². The van der Waals surface area contributed by atoms with Crippen LogP contribution in [0.5, 0.6) is 0 Å². The summed E-state index contributed by atoms with van der Waals surface area (Å²) in [6.07, 6.45) is 0. The Balaban J connectivity index is 1.90. The molecule has 18 heavy (non-hydrogen) atoms. The fourth-order valence-electron chi connectivity index (χ4n) is 1.69. The average molecular weight is 321 g/mol. The monoisotopic (exact) mass is 320 g/mol. The SMILES string of the molecule is Cc1sc(CNCc2cccc(C#N)c2)cc1Br. The molecule has 0 aliphatic carbocycles. The number of halogens is 1. The van der Waals surface area contributed by atoms with Gasteiger partial charge in [0.25, 0.3) is 0 Å². The molecular formula is C14H13BrN2S. The van der Waals surface area contributed by atoms with Gasteiger partial charge >= 0.3 is 0 Å². The van der Waals surface area contributed by atoms with Crippen LogP contribution >= 0.6 is 27.3 Å². The fraction of sp³-hybridized carbons (Fsp3) is 0.214. The molecule has 1 aromatic heterocycles. The standard InChI is InChI=1S/C14H13BrN2S/c1-10-14(15)6-13(18-10)9-17-8-12-4-2-3-11(5-12)7-16/h2-6,17H,8-9H2,1H3. The lowest BCUT2D eigenvalue weighted by molar-refractivity contribution is 0.701. The lowest BCUT2D eigenvalue weighted by Gasteiger charge is -2.03. The number of hydrogen-bond donors (Lipinski definition) is 1. The molecule has 0 saturated carbocycles. The zero-order valence-electron chi connectivity index (χ0n) is 10.0. The normalized spacial score (nSPS) is 10.3. The fourth-order valence-corrected chi connectivity index (χ4v) is 3.26. The van der Waals surface area contributed by atoms with Crippen molar-refractivity contribution in [3.63, 3.8) is 0 Å². The second kappa shape index (κ2) is 6.14. The second-order valence-corrected chi connectivity index (χ2v) is 6.23. The summed E-state index contributed by atoms with van der Waals surface area (Å²) >= 11 is 5.31. The van der Waals surface area contributed by atoms with E-state index < -0.39 is 0 Å². The number of benzene rings is 1. The van der Waals surface area contributed by atoms with Crippen LogP contribution in [0.25, 0.3) is 0 Å². The van der Waals surface area contributed by atoms with Crippen molar-refractivity contribution < 1.29 is 0 Å². The Kier molecular flexibility index (Phi) is 4.54. The number of nitrogens with one attached hydrogen (secondary N) is 1. The molecule has 0 saturated heterocycles. The first-order chi connectivity index (χ1) is 8.69. The number of aryl methyl sites for hydroxylation is 1. The third-order valence-electron chi connectivity index (χ3n) is 2.59. The maximum absolute atomic E-state index is 8.82. The predicted octanol–water partition coefficient (Wildman–Crippen LogP) is 3.98. The molecule has 0 radical (unpaired) electrons.